The maximum Gasteiger partial charge on any atom is 0.220 e. The van der Waals surface area contributed by atoms with Crippen molar-refractivity contribution in [2.75, 3.05) is 19.0 Å². The molecule has 2 N–H and O–H groups in total. The summed E-state index contributed by atoms with van der Waals surface area (Å²) in [6.07, 6.45) is 1.71. The minimum atomic E-state index is 0.0241. The first-order valence-corrected chi connectivity index (χ1v) is 7.67. The normalized spacial score (nSPS) is 29.2. The maximum atomic E-state index is 12.3. The van der Waals surface area contributed by atoms with Crippen LogP contribution >= 0.6 is 0 Å². The van der Waals surface area contributed by atoms with Crippen LogP contribution in [0.1, 0.15) is 38.2 Å². The lowest BCUT2D eigenvalue weighted by atomic mass is 9.64. The first-order valence-electron chi connectivity index (χ1n) is 7.67. The van der Waals surface area contributed by atoms with E-state index in [9.17, 15) is 4.79 Å². The van der Waals surface area contributed by atoms with Gasteiger partial charge < -0.3 is 15.4 Å². The lowest BCUT2D eigenvalue weighted by Gasteiger charge is -2.51. The number of hydrogen-bond donors (Lipinski definition) is 2. The number of amides is 1. The van der Waals surface area contributed by atoms with Crippen LogP contribution in [-0.2, 0) is 9.53 Å². The van der Waals surface area contributed by atoms with Gasteiger partial charge in [-0.25, -0.2) is 0 Å². The molecule has 1 fully saturated rings. The Balaban J connectivity index is 1.57. The number of ether oxygens (including phenoxy) is 1. The number of benzene rings is 1. The van der Waals surface area contributed by atoms with Crippen molar-refractivity contribution in [2.24, 2.45) is 5.41 Å². The SMILES string of the molecule is COC1CC(NC(=O)CC2CNc3ccccc32)C1(C)C. The molecular weight excluding hydrogens is 264 g/mol. The molecule has 4 nitrogen and oxygen atoms in total. The predicted molar refractivity (Wildman–Crippen MR) is 83.4 cm³/mol. The molecule has 0 aromatic heterocycles. The Morgan fingerprint density at radius 2 is 2.19 bits per heavy atom. The summed E-state index contributed by atoms with van der Waals surface area (Å²) in [4.78, 5) is 12.3. The van der Waals surface area contributed by atoms with Gasteiger partial charge in [-0.3, -0.25) is 4.79 Å². The quantitative estimate of drug-likeness (QED) is 0.895. The fraction of sp³-hybridized carbons (Fsp3) is 0.588. The van der Waals surface area contributed by atoms with E-state index in [1.54, 1.807) is 7.11 Å². The third-order valence-corrected chi connectivity index (χ3v) is 5.17. The number of hydrogen-bond acceptors (Lipinski definition) is 3. The highest BCUT2D eigenvalue weighted by Crippen LogP contribution is 2.42. The molecule has 1 saturated carbocycles. The second-order valence-electron chi connectivity index (χ2n) is 6.77. The van der Waals surface area contributed by atoms with Gasteiger partial charge in [-0.1, -0.05) is 32.0 Å². The highest BCUT2D eigenvalue weighted by Gasteiger charge is 2.49. The zero-order valence-electron chi connectivity index (χ0n) is 13.0. The summed E-state index contributed by atoms with van der Waals surface area (Å²) in [5.74, 6) is 0.425. The Kier molecular flexibility index (Phi) is 3.66. The first kappa shape index (κ1) is 14.4. The topological polar surface area (TPSA) is 50.4 Å². The molecule has 114 valence electrons. The lowest BCUT2D eigenvalue weighted by Crippen LogP contribution is -2.61. The zero-order valence-corrected chi connectivity index (χ0v) is 13.0. The van der Waals surface area contributed by atoms with Gasteiger partial charge in [-0.05, 0) is 18.1 Å². The minimum Gasteiger partial charge on any atom is -0.384 e. The molecule has 3 rings (SSSR count). The third-order valence-electron chi connectivity index (χ3n) is 5.17. The zero-order chi connectivity index (χ0) is 15.0. The van der Waals surface area contributed by atoms with Crippen LogP contribution in [0, 0.1) is 5.41 Å². The van der Waals surface area contributed by atoms with Gasteiger partial charge >= 0.3 is 0 Å². The van der Waals surface area contributed by atoms with E-state index in [2.05, 4.69) is 36.6 Å². The van der Waals surface area contributed by atoms with E-state index in [-0.39, 0.29) is 29.4 Å². The van der Waals surface area contributed by atoms with Crippen LogP contribution in [0.15, 0.2) is 24.3 Å². The summed E-state index contributed by atoms with van der Waals surface area (Å²) in [5.41, 5.74) is 2.45. The van der Waals surface area contributed by atoms with Crippen LogP contribution in [0.3, 0.4) is 0 Å². The number of nitrogens with one attached hydrogen (secondary N) is 2. The number of para-hydroxylation sites is 1. The van der Waals surface area contributed by atoms with E-state index in [0.717, 1.165) is 13.0 Å². The standard InChI is InChI=1S/C17H24N2O2/c1-17(2)14(9-15(17)21-3)19-16(20)8-11-10-18-13-7-5-4-6-12(11)13/h4-7,11,14-15,18H,8-10H2,1-3H3,(H,19,20). The van der Waals surface area contributed by atoms with Crippen molar-refractivity contribution >= 4 is 11.6 Å². The number of rotatable bonds is 4. The molecule has 1 amide bonds. The maximum absolute atomic E-state index is 12.3. The highest BCUT2D eigenvalue weighted by molar-refractivity contribution is 5.78. The van der Waals surface area contributed by atoms with Crippen LogP contribution in [0.2, 0.25) is 0 Å². The molecule has 3 unspecified atom stereocenters. The lowest BCUT2D eigenvalue weighted by molar-refractivity contribution is -0.132. The fourth-order valence-electron chi connectivity index (χ4n) is 3.55. The number of carbonyl (C=O) groups is 1. The number of fused-ring (bicyclic) bond motifs is 1. The minimum absolute atomic E-state index is 0.0241. The van der Waals surface area contributed by atoms with Crippen molar-refractivity contribution in [3.05, 3.63) is 29.8 Å². The number of anilines is 1. The second-order valence-corrected chi connectivity index (χ2v) is 6.77. The molecule has 1 heterocycles. The molecule has 0 spiro atoms. The number of carbonyl (C=O) groups excluding carboxylic acids is 1. The third kappa shape index (κ3) is 2.53. The van der Waals surface area contributed by atoms with Crippen LogP contribution < -0.4 is 10.6 Å². The summed E-state index contributed by atoms with van der Waals surface area (Å²) in [5, 5.41) is 6.55. The van der Waals surface area contributed by atoms with Gasteiger partial charge in [-0.15, -0.1) is 0 Å². The fourth-order valence-corrected chi connectivity index (χ4v) is 3.55. The summed E-state index contributed by atoms with van der Waals surface area (Å²) in [6, 6.07) is 8.47. The van der Waals surface area contributed by atoms with Gasteiger partial charge in [0, 0.05) is 43.1 Å². The van der Waals surface area contributed by atoms with Crippen molar-refractivity contribution in [1.29, 1.82) is 0 Å². The monoisotopic (exact) mass is 288 g/mol. The average Bonchev–Trinajstić information content (AvgIpc) is 2.86. The predicted octanol–water partition coefficient (Wildman–Crippen LogP) is 2.52. The van der Waals surface area contributed by atoms with Crippen molar-refractivity contribution < 1.29 is 9.53 Å². The molecule has 1 aliphatic heterocycles. The van der Waals surface area contributed by atoms with Crippen LogP contribution in [0.25, 0.3) is 0 Å². The van der Waals surface area contributed by atoms with Gasteiger partial charge in [0.2, 0.25) is 5.91 Å². The molecule has 2 aliphatic rings. The molecule has 1 aliphatic carbocycles. The highest BCUT2D eigenvalue weighted by atomic mass is 16.5. The Morgan fingerprint density at radius 1 is 1.43 bits per heavy atom. The second kappa shape index (κ2) is 5.34. The van der Waals surface area contributed by atoms with Crippen molar-refractivity contribution in [1.82, 2.24) is 5.32 Å². The van der Waals surface area contributed by atoms with Gasteiger partial charge in [0.1, 0.15) is 0 Å². The van der Waals surface area contributed by atoms with Gasteiger partial charge in [-0.2, -0.15) is 0 Å². The van der Waals surface area contributed by atoms with Crippen molar-refractivity contribution in [2.45, 2.75) is 44.8 Å². The van der Waals surface area contributed by atoms with E-state index in [4.69, 9.17) is 4.74 Å². The Morgan fingerprint density at radius 3 is 2.90 bits per heavy atom. The van der Waals surface area contributed by atoms with Gasteiger partial charge in [0.25, 0.3) is 0 Å². The molecule has 0 bridgehead atoms. The molecular formula is C17H24N2O2. The van der Waals surface area contributed by atoms with E-state index in [1.807, 2.05) is 12.1 Å². The summed E-state index contributed by atoms with van der Waals surface area (Å²) >= 11 is 0. The smallest absolute Gasteiger partial charge is 0.220 e. The molecule has 1 aromatic rings. The molecule has 0 saturated heterocycles. The van der Waals surface area contributed by atoms with E-state index in [1.165, 1.54) is 11.3 Å². The van der Waals surface area contributed by atoms with Gasteiger partial charge in [0.15, 0.2) is 0 Å². The largest absolute Gasteiger partial charge is 0.384 e. The Labute approximate surface area is 126 Å². The molecule has 4 heteroatoms. The van der Waals surface area contributed by atoms with Crippen LogP contribution in [0.5, 0.6) is 0 Å². The summed E-state index contributed by atoms with van der Waals surface area (Å²) in [6.45, 7) is 5.16. The van der Waals surface area contributed by atoms with E-state index in [0.29, 0.717) is 6.42 Å². The van der Waals surface area contributed by atoms with Gasteiger partial charge in [0.05, 0.1) is 6.10 Å². The van der Waals surface area contributed by atoms with Crippen molar-refractivity contribution in [3.8, 4) is 0 Å². The first-order chi connectivity index (χ1) is 10.0. The number of methoxy groups -OCH3 is 1. The Hall–Kier alpha value is -1.55. The molecule has 21 heavy (non-hydrogen) atoms. The summed E-state index contributed by atoms with van der Waals surface area (Å²) < 4.78 is 5.43. The Bertz CT molecular complexity index is 541. The van der Waals surface area contributed by atoms with E-state index >= 15 is 0 Å². The van der Waals surface area contributed by atoms with Crippen LogP contribution in [-0.4, -0.2) is 31.7 Å². The van der Waals surface area contributed by atoms with Crippen LogP contribution in [0.4, 0.5) is 5.69 Å². The molecule has 0 radical (unpaired) electrons. The summed E-state index contributed by atoms with van der Waals surface area (Å²) in [7, 11) is 1.74. The van der Waals surface area contributed by atoms with E-state index < -0.39 is 0 Å². The van der Waals surface area contributed by atoms with Crippen molar-refractivity contribution in [3.63, 3.8) is 0 Å². The molecule has 3 atom stereocenters. The molecule has 1 aromatic carbocycles. The average molecular weight is 288 g/mol.